The number of thiophene rings is 1. The number of carbonyl (C=O) groups excluding carboxylic acids is 1. The lowest BCUT2D eigenvalue weighted by molar-refractivity contribution is -0.137. The van der Waals surface area contributed by atoms with Crippen molar-refractivity contribution in [3.05, 3.63) is 77.7 Å². The molecule has 5 rings (SSSR count). The summed E-state index contributed by atoms with van der Waals surface area (Å²) in [5.74, 6) is -2.53. The number of rotatable bonds is 13. The fourth-order valence-electron chi connectivity index (χ4n) is 5.15. The Kier molecular flexibility index (Phi) is 9.34. The van der Waals surface area contributed by atoms with Crippen LogP contribution in [0.15, 0.2) is 81.9 Å². The van der Waals surface area contributed by atoms with Crippen molar-refractivity contribution in [2.45, 2.75) is 29.2 Å². The van der Waals surface area contributed by atoms with Crippen LogP contribution in [0.5, 0.6) is 5.75 Å². The molecular formula is C30H29N3O10S3. The van der Waals surface area contributed by atoms with Crippen molar-refractivity contribution in [2.24, 2.45) is 0 Å². The maximum absolute atomic E-state index is 13.8. The van der Waals surface area contributed by atoms with E-state index in [1.807, 2.05) is 0 Å². The fourth-order valence-corrected chi connectivity index (χ4v) is 8.82. The quantitative estimate of drug-likeness (QED) is 0.211. The number of anilines is 2. The van der Waals surface area contributed by atoms with E-state index in [2.05, 4.69) is 0 Å². The largest absolute Gasteiger partial charge is 0.497 e. The van der Waals surface area contributed by atoms with E-state index in [-0.39, 0.29) is 26.9 Å². The summed E-state index contributed by atoms with van der Waals surface area (Å²) in [5, 5.41) is 21.4. The van der Waals surface area contributed by atoms with Crippen LogP contribution in [0, 0.1) is 0 Å². The van der Waals surface area contributed by atoms with Gasteiger partial charge in [0.15, 0.2) is 0 Å². The zero-order chi connectivity index (χ0) is 33.2. The van der Waals surface area contributed by atoms with Crippen LogP contribution in [0.3, 0.4) is 0 Å². The van der Waals surface area contributed by atoms with Gasteiger partial charge in [-0.2, -0.15) is 4.31 Å². The van der Waals surface area contributed by atoms with Crippen LogP contribution in [0.1, 0.15) is 18.4 Å². The third-order valence-electron chi connectivity index (χ3n) is 7.33. The van der Waals surface area contributed by atoms with Crippen molar-refractivity contribution < 1.29 is 46.2 Å². The first-order chi connectivity index (χ1) is 21.8. The standard InChI is InChI=1S/C30H29N3O10S3/c1-43-22-6-10-24(11-7-22)46(41,42)33(19-30(37)38)26-15-20(16-27-25(26)12-14-44-27)17-31(18-29(35)36)45(39,40)23-8-4-21(5-9-23)32-13-2-3-28(32)34/h4-12,14-16H,2-3,13,17-19H2,1H3,(H,35,36)(H,37,38). The molecule has 1 amide bonds. The monoisotopic (exact) mass is 687 g/mol. The third-order valence-corrected chi connectivity index (χ3v) is 11.8. The van der Waals surface area contributed by atoms with Crippen LogP contribution >= 0.6 is 11.3 Å². The summed E-state index contributed by atoms with van der Waals surface area (Å²) in [6, 6.07) is 15.6. The van der Waals surface area contributed by atoms with Crippen molar-refractivity contribution in [3.63, 3.8) is 0 Å². The molecule has 0 saturated carbocycles. The molecule has 1 saturated heterocycles. The third kappa shape index (κ3) is 6.69. The SMILES string of the molecule is COc1ccc(S(=O)(=O)N(CC(=O)O)c2cc(CN(CC(=O)O)S(=O)(=O)c3ccc(N4CCCC4=O)cc3)cc3sccc23)cc1. The second kappa shape index (κ2) is 13.1. The number of hydrogen-bond donors (Lipinski definition) is 2. The molecule has 46 heavy (non-hydrogen) atoms. The number of nitrogens with zero attached hydrogens (tertiary/aromatic N) is 3. The number of fused-ring (bicyclic) bond motifs is 1. The minimum Gasteiger partial charge on any atom is -0.497 e. The molecule has 1 aliphatic rings. The number of methoxy groups -OCH3 is 1. The molecule has 16 heteroatoms. The molecule has 1 fully saturated rings. The predicted octanol–water partition coefficient (Wildman–Crippen LogP) is 3.59. The van der Waals surface area contributed by atoms with E-state index in [9.17, 15) is 41.4 Å². The molecule has 242 valence electrons. The van der Waals surface area contributed by atoms with E-state index in [1.54, 1.807) is 22.4 Å². The lowest BCUT2D eigenvalue weighted by atomic mass is 10.1. The summed E-state index contributed by atoms with van der Waals surface area (Å²) in [5.41, 5.74) is 0.740. The van der Waals surface area contributed by atoms with Gasteiger partial charge >= 0.3 is 11.9 Å². The molecule has 0 unspecified atom stereocenters. The first-order valence-electron chi connectivity index (χ1n) is 13.8. The first-order valence-corrected chi connectivity index (χ1v) is 17.6. The fraction of sp³-hybridized carbons (Fsp3) is 0.233. The molecular weight excluding hydrogens is 659 g/mol. The molecule has 1 aliphatic heterocycles. The Morgan fingerprint density at radius 1 is 0.891 bits per heavy atom. The number of ether oxygens (including phenoxy) is 1. The minimum absolute atomic E-state index is 0.0146. The smallest absolute Gasteiger partial charge is 0.324 e. The van der Waals surface area contributed by atoms with Gasteiger partial charge in [0.05, 0.1) is 22.6 Å². The molecule has 2 N–H and O–H groups in total. The summed E-state index contributed by atoms with van der Waals surface area (Å²) >= 11 is 1.22. The molecule has 0 radical (unpaired) electrons. The Morgan fingerprint density at radius 3 is 2.11 bits per heavy atom. The van der Waals surface area contributed by atoms with Crippen molar-refractivity contribution >= 4 is 70.7 Å². The summed E-state index contributed by atoms with van der Waals surface area (Å²) in [4.78, 5) is 37.0. The van der Waals surface area contributed by atoms with Crippen LogP contribution in [0.25, 0.3) is 10.1 Å². The van der Waals surface area contributed by atoms with E-state index in [0.29, 0.717) is 40.9 Å². The summed E-state index contributed by atoms with van der Waals surface area (Å²) in [6.45, 7) is -1.80. The van der Waals surface area contributed by atoms with E-state index < -0.39 is 51.6 Å². The van der Waals surface area contributed by atoms with Crippen LogP contribution in [-0.2, 0) is 41.0 Å². The highest BCUT2D eigenvalue weighted by atomic mass is 32.2. The maximum Gasteiger partial charge on any atom is 0.324 e. The minimum atomic E-state index is -4.45. The van der Waals surface area contributed by atoms with Gasteiger partial charge in [0.2, 0.25) is 15.9 Å². The number of carboxylic acid groups (broad SMARTS) is 2. The highest BCUT2D eigenvalue weighted by Gasteiger charge is 2.31. The van der Waals surface area contributed by atoms with Crippen LogP contribution in [0.4, 0.5) is 11.4 Å². The molecule has 13 nitrogen and oxygen atoms in total. The van der Waals surface area contributed by atoms with Gasteiger partial charge < -0.3 is 19.8 Å². The van der Waals surface area contributed by atoms with Gasteiger partial charge in [-0.3, -0.25) is 18.7 Å². The number of carboxylic acids is 2. The Morgan fingerprint density at radius 2 is 1.52 bits per heavy atom. The van der Waals surface area contributed by atoms with E-state index >= 15 is 0 Å². The van der Waals surface area contributed by atoms with Crippen molar-refractivity contribution in [3.8, 4) is 5.75 Å². The number of benzene rings is 3. The highest BCUT2D eigenvalue weighted by molar-refractivity contribution is 7.93. The lowest BCUT2D eigenvalue weighted by Gasteiger charge is -2.26. The Bertz CT molecular complexity index is 2010. The van der Waals surface area contributed by atoms with E-state index in [0.717, 1.165) is 8.61 Å². The summed E-state index contributed by atoms with van der Waals surface area (Å²) < 4.78 is 62.2. The highest BCUT2D eigenvalue weighted by Crippen LogP contribution is 2.36. The van der Waals surface area contributed by atoms with Crippen LogP contribution in [0.2, 0.25) is 0 Å². The lowest BCUT2D eigenvalue weighted by Crippen LogP contribution is -2.36. The Labute approximate surface area is 268 Å². The zero-order valence-electron chi connectivity index (χ0n) is 24.4. The van der Waals surface area contributed by atoms with Gasteiger partial charge in [0.1, 0.15) is 18.8 Å². The number of sulfonamides is 2. The van der Waals surface area contributed by atoms with Crippen LogP contribution < -0.4 is 13.9 Å². The van der Waals surface area contributed by atoms with Crippen molar-refractivity contribution in [2.75, 3.05) is 35.9 Å². The van der Waals surface area contributed by atoms with Gasteiger partial charge in [-0.25, -0.2) is 16.8 Å². The van der Waals surface area contributed by atoms with Crippen molar-refractivity contribution in [1.29, 1.82) is 0 Å². The van der Waals surface area contributed by atoms with Gasteiger partial charge in [-0.05, 0) is 84.1 Å². The molecule has 2 heterocycles. The molecule has 3 aromatic carbocycles. The normalized spacial score (nSPS) is 13.8. The average Bonchev–Trinajstić information content (AvgIpc) is 3.68. The van der Waals surface area contributed by atoms with E-state index in [1.165, 1.54) is 73.0 Å². The van der Waals surface area contributed by atoms with Gasteiger partial charge in [0.25, 0.3) is 10.0 Å². The Balaban J connectivity index is 1.55. The second-order valence-electron chi connectivity index (χ2n) is 10.3. The predicted molar refractivity (Wildman–Crippen MR) is 170 cm³/mol. The molecule has 4 aromatic rings. The van der Waals surface area contributed by atoms with Gasteiger partial charge in [-0.1, -0.05) is 0 Å². The molecule has 0 bridgehead atoms. The van der Waals surface area contributed by atoms with Crippen molar-refractivity contribution in [1.82, 2.24) is 4.31 Å². The van der Waals surface area contributed by atoms with Gasteiger partial charge in [-0.15, -0.1) is 11.3 Å². The molecule has 0 atom stereocenters. The number of carbonyl (C=O) groups is 3. The number of amides is 1. The zero-order valence-corrected chi connectivity index (χ0v) is 26.8. The van der Waals surface area contributed by atoms with Crippen LogP contribution in [-0.4, -0.2) is 75.9 Å². The molecule has 0 aliphatic carbocycles. The summed E-state index contributed by atoms with van der Waals surface area (Å²) in [7, 11) is -7.43. The molecule has 0 spiro atoms. The number of aliphatic carboxylic acids is 2. The average molecular weight is 688 g/mol. The Hall–Kier alpha value is -4.51. The van der Waals surface area contributed by atoms with Gasteiger partial charge in [0, 0.05) is 35.3 Å². The number of hydrogen-bond acceptors (Lipinski definition) is 9. The first kappa shape index (κ1) is 32.9. The second-order valence-corrected chi connectivity index (χ2v) is 15.1. The summed E-state index contributed by atoms with van der Waals surface area (Å²) in [6.07, 6.45) is 1.08. The van der Waals surface area contributed by atoms with E-state index in [4.69, 9.17) is 4.74 Å². The molecule has 1 aromatic heterocycles. The maximum atomic E-state index is 13.8. The topological polar surface area (TPSA) is 179 Å².